The predicted molar refractivity (Wildman–Crippen MR) is 112 cm³/mol. The van der Waals surface area contributed by atoms with Gasteiger partial charge >= 0.3 is 0 Å². The molecule has 0 bridgehead atoms. The van der Waals surface area contributed by atoms with Crippen LogP contribution < -0.4 is 15.0 Å². The van der Waals surface area contributed by atoms with Gasteiger partial charge in [-0.15, -0.1) is 0 Å². The molecule has 1 saturated heterocycles. The van der Waals surface area contributed by atoms with Crippen molar-refractivity contribution >= 4 is 28.4 Å². The van der Waals surface area contributed by atoms with E-state index >= 15 is 0 Å². The van der Waals surface area contributed by atoms with Gasteiger partial charge in [0.15, 0.2) is 11.5 Å². The Morgan fingerprint density at radius 1 is 1.17 bits per heavy atom. The maximum absolute atomic E-state index is 13.2. The Bertz CT molecular complexity index is 1110. The molecular weight excluding hydrogens is 392 g/mol. The number of hydrogen-bond donors (Lipinski definition) is 1. The molecule has 29 heavy (non-hydrogen) atoms. The monoisotopic (exact) mass is 412 g/mol. The Kier molecular flexibility index (Phi) is 5.45. The fourth-order valence-corrected chi connectivity index (χ4v) is 3.86. The summed E-state index contributed by atoms with van der Waals surface area (Å²) < 4.78 is 11.5. The lowest BCUT2D eigenvalue weighted by Crippen LogP contribution is -2.44. The molecule has 0 radical (unpaired) electrons. The highest BCUT2D eigenvalue weighted by Gasteiger charge is 2.27. The molecule has 1 fully saturated rings. The molecule has 2 heterocycles. The Morgan fingerprint density at radius 3 is 2.76 bits per heavy atom. The van der Waals surface area contributed by atoms with Crippen LogP contribution in [0.1, 0.15) is 23.2 Å². The zero-order chi connectivity index (χ0) is 20.4. The fourth-order valence-electron chi connectivity index (χ4n) is 3.69. The second kappa shape index (κ2) is 8.17. The standard InChI is InChI=1S/C22H21ClN2O4/c1-28-19-6-2-3-7-20(19)29-15-5-4-10-25(13-15)22(27)17-12-21(26)24-18-9-8-14(23)11-16(17)18/h2-3,6-9,11-12,15H,4-5,10,13H2,1H3,(H,24,26). The molecule has 1 N–H and O–H groups in total. The molecule has 0 saturated carbocycles. The molecule has 2 aromatic carbocycles. The zero-order valence-electron chi connectivity index (χ0n) is 16.0. The first-order valence-electron chi connectivity index (χ1n) is 9.46. The van der Waals surface area contributed by atoms with E-state index in [9.17, 15) is 9.59 Å². The molecule has 1 amide bonds. The second-order valence-corrected chi connectivity index (χ2v) is 7.46. The number of likely N-dealkylation sites (tertiary alicyclic amines) is 1. The maximum atomic E-state index is 13.2. The van der Waals surface area contributed by atoms with E-state index in [0.717, 1.165) is 12.8 Å². The lowest BCUT2D eigenvalue weighted by molar-refractivity contribution is 0.0534. The van der Waals surface area contributed by atoms with Crippen molar-refractivity contribution in [1.29, 1.82) is 0 Å². The molecule has 1 aliphatic rings. The normalized spacial score (nSPS) is 16.6. The zero-order valence-corrected chi connectivity index (χ0v) is 16.7. The van der Waals surface area contributed by atoms with Crippen molar-refractivity contribution in [3.8, 4) is 11.5 Å². The number of halogens is 1. The number of fused-ring (bicyclic) bond motifs is 1. The number of ether oxygens (including phenoxy) is 2. The molecule has 3 aromatic rings. The Hall–Kier alpha value is -2.99. The van der Waals surface area contributed by atoms with Crippen LogP contribution in [-0.2, 0) is 0 Å². The summed E-state index contributed by atoms with van der Waals surface area (Å²) in [5, 5.41) is 1.14. The van der Waals surface area contributed by atoms with Gasteiger partial charge < -0.3 is 19.4 Å². The molecule has 1 aromatic heterocycles. The average Bonchev–Trinajstić information content (AvgIpc) is 2.73. The molecule has 6 nitrogen and oxygen atoms in total. The number of nitrogens with one attached hydrogen (secondary N) is 1. The number of carbonyl (C=O) groups is 1. The van der Waals surface area contributed by atoms with Crippen LogP contribution in [0.3, 0.4) is 0 Å². The summed E-state index contributed by atoms with van der Waals surface area (Å²) in [7, 11) is 1.60. The highest BCUT2D eigenvalue weighted by atomic mass is 35.5. The first-order chi connectivity index (χ1) is 14.0. The molecule has 0 spiro atoms. The third-order valence-electron chi connectivity index (χ3n) is 5.06. The van der Waals surface area contributed by atoms with Gasteiger partial charge in [-0.1, -0.05) is 23.7 Å². The quantitative estimate of drug-likeness (QED) is 0.706. The summed E-state index contributed by atoms with van der Waals surface area (Å²) in [5.41, 5.74) is 0.621. The number of amides is 1. The van der Waals surface area contributed by atoms with Crippen molar-refractivity contribution < 1.29 is 14.3 Å². The summed E-state index contributed by atoms with van der Waals surface area (Å²) in [6.45, 7) is 1.05. The summed E-state index contributed by atoms with van der Waals surface area (Å²) in [5.74, 6) is 1.12. The number of aromatic nitrogens is 1. The smallest absolute Gasteiger partial charge is 0.254 e. The molecule has 4 rings (SSSR count). The van der Waals surface area contributed by atoms with Crippen LogP contribution in [-0.4, -0.2) is 42.1 Å². The van der Waals surface area contributed by atoms with E-state index in [1.54, 1.807) is 30.2 Å². The van der Waals surface area contributed by atoms with Gasteiger partial charge in [0.25, 0.3) is 5.91 Å². The van der Waals surface area contributed by atoms with Gasteiger partial charge in [-0.05, 0) is 43.2 Å². The minimum atomic E-state index is -0.318. The third-order valence-corrected chi connectivity index (χ3v) is 5.30. The first kappa shape index (κ1) is 19.3. The van der Waals surface area contributed by atoms with Gasteiger partial charge in [0.05, 0.1) is 19.2 Å². The highest BCUT2D eigenvalue weighted by molar-refractivity contribution is 6.31. The van der Waals surface area contributed by atoms with E-state index in [0.29, 0.717) is 46.1 Å². The van der Waals surface area contributed by atoms with Crippen LogP contribution in [0, 0.1) is 0 Å². The number of pyridine rings is 1. The highest BCUT2D eigenvalue weighted by Crippen LogP contribution is 2.29. The largest absolute Gasteiger partial charge is 0.493 e. The maximum Gasteiger partial charge on any atom is 0.254 e. The first-order valence-corrected chi connectivity index (χ1v) is 9.84. The number of benzene rings is 2. The Morgan fingerprint density at radius 2 is 1.97 bits per heavy atom. The van der Waals surface area contributed by atoms with E-state index in [4.69, 9.17) is 21.1 Å². The Labute approximate surface area is 173 Å². The Balaban J connectivity index is 1.59. The number of rotatable bonds is 4. The van der Waals surface area contributed by atoms with E-state index in [-0.39, 0.29) is 17.6 Å². The lowest BCUT2D eigenvalue weighted by atomic mass is 10.0. The molecule has 150 valence electrons. The number of para-hydroxylation sites is 2. The number of piperidine rings is 1. The SMILES string of the molecule is COc1ccccc1OC1CCCN(C(=O)c2cc(=O)[nH]c3ccc(Cl)cc23)C1. The van der Waals surface area contributed by atoms with Crippen molar-refractivity contribution in [3.63, 3.8) is 0 Å². The fraction of sp³-hybridized carbons (Fsp3) is 0.273. The van der Waals surface area contributed by atoms with Crippen LogP contribution in [0.15, 0.2) is 53.3 Å². The topological polar surface area (TPSA) is 71.6 Å². The molecule has 1 atom stereocenters. The summed E-state index contributed by atoms with van der Waals surface area (Å²) in [6.07, 6.45) is 1.50. The van der Waals surface area contributed by atoms with E-state index in [1.807, 2.05) is 24.3 Å². The number of H-pyrrole nitrogens is 1. The lowest BCUT2D eigenvalue weighted by Gasteiger charge is -2.33. The molecule has 1 unspecified atom stereocenters. The van der Waals surface area contributed by atoms with Crippen LogP contribution in [0.2, 0.25) is 5.02 Å². The van der Waals surface area contributed by atoms with Crippen LogP contribution in [0.4, 0.5) is 0 Å². The summed E-state index contributed by atoms with van der Waals surface area (Å²) in [4.78, 5) is 29.8. The van der Waals surface area contributed by atoms with Gasteiger partial charge in [-0.2, -0.15) is 0 Å². The molecule has 1 aliphatic heterocycles. The third kappa shape index (κ3) is 4.07. The van der Waals surface area contributed by atoms with Gasteiger partial charge in [-0.3, -0.25) is 9.59 Å². The van der Waals surface area contributed by atoms with Gasteiger partial charge in [0.1, 0.15) is 6.10 Å². The average molecular weight is 413 g/mol. The summed E-state index contributed by atoms with van der Waals surface area (Å²) >= 11 is 6.11. The number of carbonyl (C=O) groups excluding carboxylic acids is 1. The van der Waals surface area contributed by atoms with Gasteiger partial charge in [0.2, 0.25) is 5.56 Å². The predicted octanol–water partition coefficient (Wildman–Crippen LogP) is 3.87. The van der Waals surface area contributed by atoms with Crippen LogP contribution >= 0.6 is 11.6 Å². The minimum Gasteiger partial charge on any atom is -0.493 e. The van der Waals surface area contributed by atoms with E-state index < -0.39 is 0 Å². The van der Waals surface area contributed by atoms with Crippen molar-refractivity contribution in [3.05, 3.63) is 69.5 Å². The second-order valence-electron chi connectivity index (χ2n) is 7.02. The molecule has 7 heteroatoms. The molecule has 0 aliphatic carbocycles. The minimum absolute atomic E-state index is 0.152. The van der Waals surface area contributed by atoms with Crippen molar-refractivity contribution in [1.82, 2.24) is 9.88 Å². The van der Waals surface area contributed by atoms with Crippen LogP contribution in [0.25, 0.3) is 10.9 Å². The van der Waals surface area contributed by atoms with E-state index in [1.165, 1.54) is 6.07 Å². The summed E-state index contributed by atoms with van der Waals surface area (Å²) in [6, 6.07) is 13.9. The number of aromatic amines is 1. The van der Waals surface area contributed by atoms with Gasteiger partial charge in [0, 0.05) is 28.5 Å². The van der Waals surface area contributed by atoms with Crippen molar-refractivity contribution in [2.24, 2.45) is 0 Å². The van der Waals surface area contributed by atoms with Gasteiger partial charge in [-0.25, -0.2) is 0 Å². The van der Waals surface area contributed by atoms with Crippen molar-refractivity contribution in [2.75, 3.05) is 20.2 Å². The number of methoxy groups -OCH3 is 1. The van der Waals surface area contributed by atoms with Crippen LogP contribution in [0.5, 0.6) is 11.5 Å². The molecular formula is C22H21ClN2O4. The number of hydrogen-bond acceptors (Lipinski definition) is 4. The number of nitrogens with zero attached hydrogens (tertiary/aromatic N) is 1. The van der Waals surface area contributed by atoms with E-state index in [2.05, 4.69) is 4.98 Å². The van der Waals surface area contributed by atoms with Crippen molar-refractivity contribution in [2.45, 2.75) is 18.9 Å².